The van der Waals surface area contributed by atoms with Gasteiger partial charge in [-0.1, -0.05) is 40.0 Å². The summed E-state index contributed by atoms with van der Waals surface area (Å²) in [6, 6.07) is 0. The van der Waals surface area contributed by atoms with Crippen LogP contribution in [0, 0.1) is 0 Å². The van der Waals surface area contributed by atoms with Gasteiger partial charge in [0.2, 0.25) is 0 Å². The quantitative estimate of drug-likeness (QED) is 0.577. The number of carbonyl (C=O) groups is 1. The van der Waals surface area contributed by atoms with Crippen molar-refractivity contribution < 1.29 is 14.0 Å². The Hall–Kier alpha value is -0.353. The molecule has 0 amide bonds. The van der Waals surface area contributed by atoms with Crippen LogP contribution in [0.2, 0.25) is 18.1 Å². The molecule has 0 aromatic rings. The van der Waals surface area contributed by atoms with Crippen LogP contribution >= 0.6 is 0 Å². The Morgan fingerprint density at radius 1 is 1.11 bits per heavy atom. The van der Waals surface area contributed by atoms with Crippen molar-refractivity contribution in [1.82, 2.24) is 0 Å². The van der Waals surface area contributed by atoms with Gasteiger partial charge in [0.1, 0.15) is 0 Å². The van der Waals surface area contributed by atoms with Gasteiger partial charge in [-0.15, -0.1) is 0 Å². The molecule has 1 aliphatic rings. The second-order valence-corrected chi connectivity index (χ2v) is 11.6. The third-order valence-electron chi connectivity index (χ3n) is 4.48. The Kier molecular flexibility index (Phi) is 4.65. The average molecular weight is 272 g/mol. The van der Waals surface area contributed by atoms with Crippen molar-refractivity contribution in [2.75, 3.05) is 7.11 Å². The highest BCUT2D eigenvalue weighted by Crippen LogP contribution is 2.43. The van der Waals surface area contributed by atoms with Crippen LogP contribution in [0.5, 0.6) is 0 Å². The molecule has 18 heavy (non-hydrogen) atoms. The predicted octanol–water partition coefficient (Wildman–Crippen LogP) is 3.88. The first-order chi connectivity index (χ1) is 8.15. The lowest BCUT2D eigenvalue weighted by Crippen LogP contribution is -2.54. The molecule has 0 aromatic heterocycles. The molecule has 0 atom stereocenters. The molecule has 1 aliphatic carbocycles. The first-order valence-electron chi connectivity index (χ1n) is 6.93. The van der Waals surface area contributed by atoms with E-state index in [4.69, 9.17) is 9.16 Å². The van der Waals surface area contributed by atoms with Gasteiger partial charge in [-0.2, -0.15) is 0 Å². The SMILES string of the molecule is COC(=O)C1(O[Si](C)(C)C(C)(C)C)CCCCC1. The van der Waals surface area contributed by atoms with Crippen LogP contribution in [-0.4, -0.2) is 27.0 Å². The lowest BCUT2D eigenvalue weighted by molar-refractivity contribution is -0.163. The molecule has 0 unspecified atom stereocenters. The van der Waals surface area contributed by atoms with Gasteiger partial charge in [-0.3, -0.25) is 0 Å². The van der Waals surface area contributed by atoms with E-state index in [1.807, 2.05) is 0 Å². The molecule has 106 valence electrons. The summed E-state index contributed by atoms with van der Waals surface area (Å²) >= 11 is 0. The molecule has 1 rings (SSSR count). The fourth-order valence-corrected chi connectivity index (χ4v) is 3.87. The Morgan fingerprint density at radius 3 is 2.00 bits per heavy atom. The Labute approximate surface area is 112 Å². The van der Waals surface area contributed by atoms with Crippen molar-refractivity contribution in [3.8, 4) is 0 Å². The van der Waals surface area contributed by atoms with E-state index in [2.05, 4.69) is 33.9 Å². The molecule has 0 aliphatic heterocycles. The third kappa shape index (κ3) is 3.15. The predicted molar refractivity (Wildman–Crippen MR) is 76.1 cm³/mol. The normalized spacial score (nSPS) is 20.6. The van der Waals surface area contributed by atoms with Crippen LogP contribution in [0.4, 0.5) is 0 Å². The van der Waals surface area contributed by atoms with Crippen molar-refractivity contribution in [1.29, 1.82) is 0 Å². The number of ether oxygens (including phenoxy) is 1. The molecule has 4 heteroatoms. The molecular formula is C14H28O3Si. The molecule has 0 bridgehead atoms. The summed E-state index contributed by atoms with van der Waals surface area (Å²) in [6.07, 6.45) is 4.94. The minimum atomic E-state index is -1.94. The second kappa shape index (κ2) is 5.33. The van der Waals surface area contributed by atoms with Crippen LogP contribution in [0.1, 0.15) is 52.9 Å². The maximum atomic E-state index is 12.2. The molecule has 3 nitrogen and oxygen atoms in total. The monoisotopic (exact) mass is 272 g/mol. The molecule has 0 spiro atoms. The van der Waals surface area contributed by atoms with Crippen LogP contribution < -0.4 is 0 Å². The first kappa shape index (κ1) is 15.7. The van der Waals surface area contributed by atoms with E-state index >= 15 is 0 Å². The molecule has 0 radical (unpaired) electrons. The minimum absolute atomic E-state index is 0.117. The van der Waals surface area contributed by atoms with E-state index in [0.717, 1.165) is 25.7 Å². The fraction of sp³-hybridized carbons (Fsp3) is 0.929. The van der Waals surface area contributed by atoms with Gasteiger partial charge >= 0.3 is 5.97 Å². The average Bonchev–Trinajstić information content (AvgIpc) is 2.27. The zero-order valence-corrected chi connectivity index (χ0v) is 13.8. The summed E-state index contributed by atoms with van der Waals surface area (Å²) in [4.78, 5) is 12.2. The minimum Gasteiger partial charge on any atom is -0.467 e. The molecule has 0 aromatic carbocycles. The highest BCUT2D eigenvalue weighted by molar-refractivity contribution is 6.74. The number of methoxy groups -OCH3 is 1. The number of rotatable bonds is 3. The summed E-state index contributed by atoms with van der Waals surface area (Å²) in [6.45, 7) is 11.0. The summed E-state index contributed by atoms with van der Waals surface area (Å²) in [5.41, 5.74) is -0.671. The van der Waals surface area contributed by atoms with Crippen molar-refractivity contribution in [2.24, 2.45) is 0 Å². The molecule has 1 saturated carbocycles. The molecule has 1 fully saturated rings. The van der Waals surface area contributed by atoms with E-state index in [-0.39, 0.29) is 11.0 Å². The van der Waals surface area contributed by atoms with Crippen LogP contribution in [0.25, 0.3) is 0 Å². The van der Waals surface area contributed by atoms with Crippen molar-refractivity contribution in [2.45, 2.75) is 76.6 Å². The van der Waals surface area contributed by atoms with Gasteiger partial charge in [-0.05, 0) is 31.0 Å². The van der Waals surface area contributed by atoms with E-state index in [0.29, 0.717) is 0 Å². The Bertz CT molecular complexity index is 299. The maximum Gasteiger partial charge on any atom is 0.336 e. The molecule has 0 heterocycles. The maximum absolute atomic E-state index is 12.2. The lowest BCUT2D eigenvalue weighted by atomic mass is 9.85. The van der Waals surface area contributed by atoms with E-state index in [9.17, 15) is 4.79 Å². The first-order valence-corrected chi connectivity index (χ1v) is 9.84. The number of carbonyl (C=O) groups excluding carboxylic acids is 1. The van der Waals surface area contributed by atoms with Gasteiger partial charge in [0.05, 0.1) is 7.11 Å². The van der Waals surface area contributed by atoms with E-state index < -0.39 is 13.9 Å². The number of esters is 1. The Morgan fingerprint density at radius 2 is 1.61 bits per heavy atom. The third-order valence-corrected chi connectivity index (χ3v) is 8.99. The summed E-state index contributed by atoms with van der Waals surface area (Å²) in [5.74, 6) is -0.174. The highest BCUT2D eigenvalue weighted by Gasteiger charge is 2.49. The lowest BCUT2D eigenvalue weighted by Gasteiger charge is -2.45. The van der Waals surface area contributed by atoms with Gasteiger partial charge < -0.3 is 9.16 Å². The Balaban J connectivity index is 2.95. The summed E-state index contributed by atoms with van der Waals surface area (Å²) < 4.78 is 11.5. The zero-order chi connectivity index (χ0) is 14.0. The van der Waals surface area contributed by atoms with Crippen LogP contribution in [0.15, 0.2) is 0 Å². The van der Waals surface area contributed by atoms with E-state index in [1.165, 1.54) is 13.5 Å². The summed E-state index contributed by atoms with van der Waals surface area (Å²) in [7, 11) is -0.479. The summed E-state index contributed by atoms with van der Waals surface area (Å²) in [5, 5.41) is 0.117. The van der Waals surface area contributed by atoms with Gasteiger partial charge in [-0.25, -0.2) is 4.79 Å². The molecular weight excluding hydrogens is 244 g/mol. The van der Waals surface area contributed by atoms with Gasteiger partial charge in [0, 0.05) is 0 Å². The molecule has 0 N–H and O–H groups in total. The van der Waals surface area contributed by atoms with Gasteiger partial charge in [0.25, 0.3) is 0 Å². The van der Waals surface area contributed by atoms with Crippen molar-refractivity contribution in [3.05, 3.63) is 0 Å². The number of hydrogen-bond donors (Lipinski definition) is 0. The van der Waals surface area contributed by atoms with Crippen molar-refractivity contribution >= 4 is 14.3 Å². The fourth-order valence-electron chi connectivity index (χ4n) is 2.30. The largest absolute Gasteiger partial charge is 0.467 e. The van der Waals surface area contributed by atoms with Gasteiger partial charge in [0.15, 0.2) is 13.9 Å². The topological polar surface area (TPSA) is 35.5 Å². The second-order valence-electron chi connectivity index (χ2n) is 6.91. The zero-order valence-electron chi connectivity index (χ0n) is 12.8. The smallest absolute Gasteiger partial charge is 0.336 e. The number of hydrogen-bond acceptors (Lipinski definition) is 3. The van der Waals surface area contributed by atoms with Crippen LogP contribution in [0.3, 0.4) is 0 Å². The standard InChI is InChI=1S/C14H28O3Si/c1-13(2,3)18(5,6)17-14(12(15)16-4)10-8-7-9-11-14/h7-11H2,1-6H3. The molecule has 0 saturated heterocycles. The highest BCUT2D eigenvalue weighted by atomic mass is 28.4. The van der Waals surface area contributed by atoms with Crippen molar-refractivity contribution in [3.63, 3.8) is 0 Å². The van der Waals surface area contributed by atoms with Crippen LogP contribution in [-0.2, 0) is 14.0 Å². The van der Waals surface area contributed by atoms with E-state index in [1.54, 1.807) is 0 Å².